The smallest absolute Gasteiger partial charge is 0.193 e. The van der Waals surface area contributed by atoms with Crippen molar-refractivity contribution in [2.24, 2.45) is 10.4 Å². The van der Waals surface area contributed by atoms with Crippen molar-refractivity contribution < 1.29 is 13.2 Å². The summed E-state index contributed by atoms with van der Waals surface area (Å²) in [4.78, 5) is 7.15. The number of halogens is 1. The van der Waals surface area contributed by atoms with E-state index >= 15 is 0 Å². The van der Waals surface area contributed by atoms with Crippen LogP contribution in [0.5, 0.6) is 0 Å². The number of nitrogens with zero attached hydrogens (tertiary/aromatic N) is 2. The summed E-state index contributed by atoms with van der Waals surface area (Å²) in [6.07, 6.45) is 7.22. The maximum Gasteiger partial charge on any atom is 0.193 e. The van der Waals surface area contributed by atoms with E-state index in [9.17, 15) is 8.42 Å². The Labute approximate surface area is 182 Å². The minimum absolute atomic E-state index is 0. The molecule has 160 valence electrons. The number of guanidine groups is 1. The maximum atomic E-state index is 12.5. The van der Waals surface area contributed by atoms with Crippen LogP contribution in [0.1, 0.15) is 59.3 Å². The van der Waals surface area contributed by atoms with E-state index < -0.39 is 14.6 Å². The zero-order valence-electron chi connectivity index (χ0n) is 17.4. The van der Waals surface area contributed by atoms with Gasteiger partial charge in [-0.25, -0.2) is 8.42 Å². The van der Waals surface area contributed by atoms with Crippen molar-refractivity contribution in [2.45, 2.75) is 64.0 Å². The fourth-order valence-electron chi connectivity index (χ4n) is 4.34. The van der Waals surface area contributed by atoms with E-state index in [4.69, 9.17) is 9.73 Å². The molecule has 1 unspecified atom stereocenters. The highest BCUT2D eigenvalue weighted by molar-refractivity contribution is 14.0. The summed E-state index contributed by atoms with van der Waals surface area (Å²) in [6.45, 7) is 10.7. The lowest BCUT2D eigenvalue weighted by atomic mass is 9.78. The monoisotopic (exact) mass is 515 g/mol. The first-order valence-corrected chi connectivity index (χ1v) is 11.9. The third-order valence-electron chi connectivity index (χ3n) is 5.98. The van der Waals surface area contributed by atoms with Gasteiger partial charge >= 0.3 is 0 Å². The van der Waals surface area contributed by atoms with Gasteiger partial charge in [0.2, 0.25) is 0 Å². The minimum atomic E-state index is -3.19. The first kappa shape index (κ1) is 24.9. The van der Waals surface area contributed by atoms with Crippen LogP contribution in [0.3, 0.4) is 0 Å². The number of aliphatic imine (C=N–C) groups is 1. The van der Waals surface area contributed by atoms with Gasteiger partial charge in [-0.2, -0.15) is 0 Å². The highest BCUT2D eigenvalue weighted by Crippen LogP contribution is 2.34. The summed E-state index contributed by atoms with van der Waals surface area (Å²) in [5.74, 6) is 0.865. The van der Waals surface area contributed by atoms with Crippen LogP contribution in [-0.2, 0) is 14.6 Å². The van der Waals surface area contributed by atoms with E-state index in [1.54, 1.807) is 0 Å². The number of sulfone groups is 1. The number of piperidine rings is 1. The second kappa shape index (κ2) is 10.6. The fraction of sp³-hybridized carbons (Fsp3) is 0.947. The first-order valence-electron chi connectivity index (χ1n) is 10.1. The SMILES string of the molecule is CCCC1(C)CCCN(C(=NCC2(S(C)(=O)=O)CCOCC2)NCC)C1.I. The van der Waals surface area contributed by atoms with Gasteiger partial charge in [0.1, 0.15) is 0 Å². The summed E-state index contributed by atoms with van der Waals surface area (Å²) in [5.41, 5.74) is 0.316. The van der Waals surface area contributed by atoms with Gasteiger partial charge in [0.05, 0.1) is 11.3 Å². The molecule has 2 aliphatic rings. The Bertz CT molecular complexity index is 587. The lowest BCUT2D eigenvalue weighted by Gasteiger charge is -2.42. The third kappa shape index (κ3) is 6.45. The summed E-state index contributed by atoms with van der Waals surface area (Å²) < 4.78 is 29.6. The second-order valence-electron chi connectivity index (χ2n) is 8.32. The molecule has 27 heavy (non-hydrogen) atoms. The molecule has 0 bridgehead atoms. The number of hydrogen-bond donors (Lipinski definition) is 1. The molecular formula is C19H38IN3O3S. The molecule has 6 nitrogen and oxygen atoms in total. The zero-order chi connectivity index (χ0) is 19.3. The molecule has 1 atom stereocenters. The van der Waals surface area contributed by atoms with E-state index in [1.807, 2.05) is 0 Å². The van der Waals surface area contributed by atoms with Crippen molar-refractivity contribution in [3.8, 4) is 0 Å². The van der Waals surface area contributed by atoms with Crippen LogP contribution in [-0.4, -0.2) is 69.7 Å². The van der Waals surface area contributed by atoms with Crippen molar-refractivity contribution in [3.63, 3.8) is 0 Å². The maximum absolute atomic E-state index is 12.5. The molecule has 0 aromatic heterocycles. The molecule has 2 aliphatic heterocycles. The van der Waals surface area contributed by atoms with Gasteiger partial charge in [0.25, 0.3) is 0 Å². The van der Waals surface area contributed by atoms with Crippen molar-refractivity contribution in [1.29, 1.82) is 0 Å². The minimum Gasteiger partial charge on any atom is -0.381 e. The molecule has 0 aliphatic carbocycles. The Balaban J connectivity index is 0.00000364. The van der Waals surface area contributed by atoms with E-state index in [2.05, 4.69) is 31.0 Å². The van der Waals surface area contributed by atoms with Crippen molar-refractivity contribution in [1.82, 2.24) is 10.2 Å². The Morgan fingerprint density at radius 1 is 1.22 bits per heavy atom. The Hall–Kier alpha value is -0.0900. The number of rotatable bonds is 6. The summed E-state index contributed by atoms with van der Waals surface area (Å²) in [5, 5.41) is 3.39. The summed E-state index contributed by atoms with van der Waals surface area (Å²) >= 11 is 0. The molecule has 2 fully saturated rings. The Morgan fingerprint density at radius 3 is 2.44 bits per heavy atom. The van der Waals surface area contributed by atoms with Crippen molar-refractivity contribution >= 4 is 39.8 Å². The topological polar surface area (TPSA) is 71.0 Å². The van der Waals surface area contributed by atoms with Gasteiger partial charge in [-0.05, 0) is 44.4 Å². The first-order chi connectivity index (χ1) is 12.3. The molecular weight excluding hydrogens is 477 g/mol. The molecule has 8 heteroatoms. The van der Waals surface area contributed by atoms with E-state index in [0.717, 1.165) is 32.0 Å². The lowest BCUT2D eigenvalue weighted by Crippen LogP contribution is -2.51. The van der Waals surface area contributed by atoms with Crippen LogP contribution in [0.4, 0.5) is 0 Å². The molecule has 0 aromatic carbocycles. The zero-order valence-corrected chi connectivity index (χ0v) is 20.6. The highest BCUT2D eigenvalue weighted by Gasteiger charge is 2.42. The predicted octanol–water partition coefficient (Wildman–Crippen LogP) is 3.07. The Morgan fingerprint density at radius 2 is 1.89 bits per heavy atom. The number of hydrogen-bond acceptors (Lipinski definition) is 4. The highest BCUT2D eigenvalue weighted by atomic mass is 127. The summed E-state index contributed by atoms with van der Waals surface area (Å²) in [6, 6.07) is 0. The van der Waals surface area contributed by atoms with Crippen LogP contribution in [0.15, 0.2) is 4.99 Å². The van der Waals surface area contributed by atoms with Crippen LogP contribution >= 0.6 is 24.0 Å². The number of nitrogens with one attached hydrogen (secondary N) is 1. The second-order valence-corrected chi connectivity index (χ2v) is 10.7. The van der Waals surface area contributed by atoms with E-state index in [0.29, 0.717) is 38.0 Å². The average molecular weight is 516 g/mol. The van der Waals surface area contributed by atoms with Crippen LogP contribution in [0, 0.1) is 5.41 Å². The molecule has 0 amide bonds. The molecule has 1 N–H and O–H groups in total. The van der Waals surface area contributed by atoms with Crippen LogP contribution in [0.2, 0.25) is 0 Å². The average Bonchev–Trinajstić information content (AvgIpc) is 2.58. The van der Waals surface area contributed by atoms with Gasteiger partial charge in [0.15, 0.2) is 15.8 Å². The van der Waals surface area contributed by atoms with Crippen molar-refractivity contribution in [2.75, 3.05) is 45.6 Å². The third-order valence-corrected chi connectivity index (χ3v) is 8.09. The standard InChI is InChI=1S/C19H37N3O3S.HI/c1-5-8-18(3)9-7-12-22(16-18)17(20-6-2)21-15-19(26(4,23)24)10-13-25-14-11-19;/h5-16H2,1-4H3,(H,20,21);1H. The van der Waals surface area contributed by atoms with Crippen molar-refractivity contribution in [3.05, 3.63) is 0 Å². The quantitative estimate of drug-likeness (QED) is 0.335. The molecule has 2 heterocycles. The number of ether oxygens (including phenoxy) is 1. The van der Waals surface area contributed by atoms with Gasteiger partial charge in [-0.3, -0.25) is 4.99 Å². The van der Waals surface area contributed by atoms with E-state index in [-0.39, 0.29) is 24.0 Å². The molecule has 0 aromatic rings. The molecule has 2 saturated heterocycles. The van der Waals surface area contributed by atoms with Gasteiger partial charge < -0.3 is 15.0 Å². The molecule has 0 spiro atoms. The fourth-order valence-corrected chi connectivity index (χ4v) is 5.55. The largest absolute Gasteiger partial charge is 0.381 e. The Kier molecular flexibility index (Phi) is 9.81. The predicted molar refractivity (Wildman–Crippen MR) is 123 cm³/mol. The normalized spacial score (nSPS) is 26.4. The molecule has 2 rings (SSSR count). The van der Waals surface area contributed by atoms with Gasteiger partial charge in [0, 0.05) is 39.1 Å². The van der Waals surface area contributed by atoms with Crippen LogP contribution < -0.4 is 5.32 Å². The van der Waals surface area contributed by atoms with E-state index in [1.165, 1.54) is 25.5 Å². The summed E-state index contributed by atoms with van der Waals surface area (Å²) in [7, 11) is -3.19. The van der Waals surface area contributed by atoms with Crippen LogP contribution in [0.25, 0.3) is 0 Å². The molecule has 0 saturated carbocycles. The van der Waals surface area contributed by atoms with Gasteiger partial charge in [-0.15, -0.1) is 24.0 Å². The number of likely N-dealkylation sites (tertiary alicyclic amines) is 1. The van der Waals surface area contributed by atoms with Gasteiger partial charge in [-0.1, -0.05) is 20.3 Å². The lowest BCUT2D eigenvalue weighted by molar-refractivity contribution is 0.0766. The molecule has 0 radical (unpaired) electrons.